The summed E-state index contributed by atoms with van der Waals surface area (Å²) in [4.78, 5) is 37.4. The number of halogens is 1. The summed E-state index contributed by atoms with van der Waals surface area (Å²) in [6.07, 6.45) is 1.50. The molecule has 4 rings (SSSR count). The molecule has 1 aromatic heterocycles. The summed E-state index contributed by atoms with van der Waals surface area (Å²) in [5.41, 5.74) is 3.44. The molecule has 0 bridgehead atoms. The Bertz CT molecular complexity index is 1390. The smallest absolute Gasteiger partial charge is 0.337 e. The lowest BCUT2D eigenvalue weighted by atomic mass is 9.80. The zero-order valence-electron chi connectivity index (χ0n) is 19.0. The molecule has 0 spiro atoms. The summed E-state index contributed by atoms with van der Waals surface area (Å²) < 4.78 is 5.39. The summed E-state index contributed by atoms with van der Waals surface area (Å²) in [7, 11) is 0. The normalized spacial score (nSPS) is 14.7. The number of allylic oxidation sites excluding steroid dienone is 1. The molecule has 9 heteroatoms. The third-order valence-corrected chi connectivity index (χ3v) is 7.36. The van der Waals surface area contributed by atoms with E-state index in [4.69, 9.17) is 16.3 Å². The minimum absolute atomic E-state index is 0.0597. The van der Waals surface area contributed by atoms with Crippen molar-refractivity contribution >= 4 is 45.4 Å². The highest BCUT2D eigenvalue weighted by Gasteiger charge is 2.38. The van der Waals surface area contributed by atoms with Crippen LogP contribution in [-0.4, -0.2) is 23.3 Å². The fraction of sp³-hybridized carbons (Fsp3) is 0.154. The predicted molar refractivity (Wildman–Crippen MR) is 136 cm³/mol. The zero-order valence-corrected chi connectivity index (χ0v) is 20.5. The number of esters is 1. The van der Waals surface area contributed by atoms with E-state index in [1.54, 1.807) is 13.0 Å². The lowest BCUT2D eigenvalue weighted by Crippen LogP contribution is -2.24. The number of anilines is 1. The van der Waals surface area contributed by atoms with Crippen molar-refractivity contribution < 1.29 is 19.2 Å². The summed E-state index contributed by atoms with van der Waals surface area (Å²) in [5.74, 6) is -1.31. The van der Waals surface area contributed by atoms with Gasteiger partial charge in [0, 0.05) is 39.9 Å². The highest BCUT2D eigenvalue weighted by Crippen LogP contribution is 2.50. The van der Waals surface area contributed by atoms with Gasteiger partial charge in [0.1, 0.15) is 6.61 Å². The number of carbonyl (C=O) groups excluding carboxylic acids is 2. The van der Waals surface area contributed by atoms with Crippen LogP contribution in [0.2, 0.25) is 5.02 Å². The van der Waals surface area contributed by atoms with Gasteiger partial charge in [-0.25, -0.2) is 4.79 Å². The SMILES string of the molecule is C=CCOC(=O)C1=C(C)Nc2sc(C(=O)c3ccc([N+](=O)[O-])cc3)c(C)c2[C@@H]1c1ccccc1Cl. The van der Waals surface area contributed by atoms with E-state index in [1.807, 2.05) is 25.1 Å². The van der Waals surface area contributed by atoms with Gasteiger partial charge in [0.25, 0.3) is 5.69 Å². The van der Waals surface area contributed by atoms with Gasteiger partial charge in [-0.05, 0) is 43.2 Å². The monoisotopic (exact) mass is 508 g/mol. The fourth-order valence-electron chi connectivity index (χ4n) is 4.15. The Balaban J connectivity index is 1.84. The zero-order chi connectivity index (χ0) is 25.3. The number of nitro benzene ring substituents is 1. The highest BCUT2D eigenvalue weighted by atomic mass is 35.5. The van der Waals surface area contributed by atoms with Crippen molar-refractivity contribution in [2.24, 2.45) is 0 Å². The van der Waals surface area contributed by atoms with Crippen LogP contribution in [0.3, 0.4) is 0 Å². The molecule has 0 unspecified atom stereocenters. The molecule has 0 saturated heterocycles. The maximum atomic E-state index is 13.4. The van der Waals surface area contributed by atoms with Crippen LogP contribution in [-0.2, 0) is 9.53 Å². The molecule has 2 aromatic carbocycles. The first-order valence-corrected chi connectivity index (χ1v) is 11.9. The molecule has 0 aliphatic carbocycles. The third-order valence-electron chi connectivity index (χ3n) is 5.79. The topological polar surface area (TPSA) is 98.5 Å². The van der Waals surface area contributed by atoms with Gasteiger partial charge in [0.15, 0.2) is 0 Å². The summed E-state index contributed by atoms with van der Waals surface area (Å²) in [5, 5.41) is 15.5. The molecular formula is C26H21ClN2O5S. The van der Waals surface area contributed by atoms with Crippen LogP contribution in [0.5, 0.6) is 0 Å². The number of rotatable bonds is 7. The van der Waals surface area contributed by atoms with E-state index in [0.717, 1.165) is 16.1 Å². The number of ether oxygens (including phenoxy) is 1. The number of nitrogens with zero attached hydrogens (tertiary/aromatic N) is 1. The van der Waals surface area contributed by atoms with Crippen molar-refractivity contribution in [3.63, 3.8) is 0 Å². The Morgan fingerprint density at radius 3 is 2.51 bits per heavy atom. The van der Waals surface area contributed by atoms with E-state index in [2.05, 4.69) is 11.9 Å². The molecule has 7 nitrogen and oxygen atoms in total. The van der Waals surface area contributed by atoms with Gasteiger partial charge < -0.3 is 10.1 Å². The Hall–Kier alpha value is -3.75. The standard InChI is InChI=1S/C26H21ClN2O5S/c1-4-13-34-26(31)21-15(3)28-25-20(22(21)18-7-5-6-8-19(18)27)14(2)24(35-25)23(30)16-9-11-17(12-10-16)29(32)33/h4-12,22,28H,1,13H2,2-3H3/t22-/m0/s1. The van der Waals surface area contributed by atoms with Crippen molar-refractivity contribution in [1.29, 1.82) is 0 Å². The van der Waals surface area contributed by atoms with Crippen LogP contribution in [0.1, 0.15) is 44.8 Å². The summed E-state index contributed by atoms with van der Waals surface area (Å²) >= 11 is 7.85. The number of hydrogen-bond donors (Lipinski definition) is 1. The second kappa shape index (κ2) is 9.85. The minimum atomic E-state index is -0.549. The second-order valence-corrected chi connectivity index (χ2v) is 9.37. The number of nitrogens with one attached hydrogen (secondary N) is 1. The van der Waals surface area contributed by atoms with E-state index < -0.39 is 16.8 Å². The largest absolute Gasteiger partial charge is 0.458 e. The molecule has 0 amide bonds. The lowest BCUT2D eigenvalue weighted by Gasteiger charge is -2.29. The van der Waals surface area contributed by atoms with Crippen molar-refractivity contribution in [2.75, 3.05) is 11.9 Å². The number of ketones is 1. The Morgan fingerprint density at radius 2 is 1.89 bits per heavy atom. The quantitative estimate of drug-likeness (QED) is 0.130. The van der Waals surface area contributed by atoms with Crippen LogP contribution in [0.4, 0.5) is 10.7 Å². The molecule has 1 N–H and O–H groups in total. The van der Waals surface area contributed by atoms with Crippen LogP contribution in [0.15, 0.2) is 72.5 Å². The van der Waals surface area contributed by atoms with Crippen LogP contribution in [0, 0.1) is 17.0 Å². The van der Waals surface area contributed by atoms with Crippen molar-refractivity contribution in [2.45, 2.75) is 19.8 Å². The number of non-ortho nitro benzene ring substituents is 1. The van der Waals surface area contributed by atoms with Gasteiger partial charge in [-0.3, -0.25) is 14.9 Å². The predicted octanol–water partition coefficient (Wildman–Crippen LogP) is 6.41. The number of carbonyl (C=O) groups is 2. The number of thiophene rings is 1. The lowest BCUT2D eigenvalue weighted by molar-refractivity contribution is -0.384. The Morgan fingerprint density at radius 1 is 1.20 bits per heavy atom. The van der Waals surface area contributed by atoms with Crippen LogP contribution < -0.4 is 5.32 Å². The van der Waals surface area contributed by atoms with E-state index in [-0.39, 0.29) is 18.1 Å². The highest BCUT2D eigenvalue weighted by molar-refractivity contribution is 7.18. The van der Waals surface area contributed by atoms with E-state index >= 15 is 0 Å². The minimum Gasteiger partial charge on any atom is -0.458 e. The van der Waals surface area contributed by atoms with Crippen molar-refractivity contribution in [1.82, 2.24) is 0 Å². The molecule has 0 saturated carbocycles. The van der Waals surface area contributed by atoms with E-state index in [1.165, 1.54) is 41.7 Å². The molecular weight excluding hydrogens is 488 g/mol. The fourth-order valence-corrected chi connectivity index (χ4v) is 5.66. The van der Waals surface area contributed by atoms with E-state index in [9.17, 15) is 19.7 Å². The molecule has 0 fully saturated rings. The van der Waals surface area contributed by atoms with Gasteiger partial charge in [0.05, 0.1) is 20.4 Å². The first-order chi connectivity index (χ1) is 16.7. The van der Waals surface area contributed by atoms with Gasteiger partial charge in [0.2, 0.25) is 5.78 Å². The van der Waals surface area contributed by atoms with Gasteiger partial charge >= 0.3 is 5.97 Å². The average Bonchev–Trinajstić information content (AvgIpc) is 3.17. The molecule has 2 heterocycles. The average molecular weight is 509 g/mol. The molecule has 0 radical (unpaired) electrons. The summed E-state index contributed by atoms with van der Waals surface area (Å²) in [6.45, 7) is 7.27. The molecule has 1 atom stereocenters. The van der Waals surface area contributed by atoms with Crippen molar-refractivity contribution in [3.8, 4) is 0 Å². The number of fused-ring (bicyclic) bond motifs is 1. The second-order valence-electron chi connectivity index (χ2n) is 7.94. The molecule has 178 valence electrons. The number of benzene rings is 2. The van der Waals surface area contributed by atoms with E-state index in [0.29, 0.717) is 32.3 Å². The molecule has 1 aliphatic heterocycles. The molecule has 3 aromatic rings. The molecule has 35 heavy (non-hydrogen) atoms. The maximum Gasteiger partial charge on any atom is 0.337 e. The third kappa shape index (κ3) is 4.50. The first kappa shape index (κ1) is 24.4. The Kier molecular flexibility index (Phi) is 6.86. The van der Waals surface area contributed by atoms with Gasteiger partial charge in [-0.1, -0.05) is 42.5 Å². The number of nitro groups is 1. The maximum absolute atomic E-state index is 13.4. The summed E-state index contributed by atoms with van der Waals surface area (Å²) in [6, 6.07) is 12.8. The van der Waals surface area contributed by atoms with Gasteiger partial charge in [-0.15, -0.1) is 11.3 Å². The Labute approximate surface area is 210 Å². The van der Waals surface area contributed by atoms with Crippen LogP contribution >= 0.6 is 22.9 Å². The van der Waals surface area contributed by atoms with Gasteiger partial charge in [-0.2, -0.15) is 0 Å². The van der Waals surface area contributed by atoms with Crippen LogP contribution in [0.25, 0.3) is 0 Å². The first-order valence-electron chi connectivity index (χ1n) is 10.7. The molecule has 1 aliphatic rings. The van der Waals surface area contributed by atoms with Crippen molar-refractivity contribution in [3.05, 3.63) is 115 Å². The number of hydrogen-bond acceptors (Lipinski definition) is 7.